The molecule has 0 aliphatic carbocycles. The van der Waals surface area contributed by atoms with Crippen LogP contribution in [0.15, 0.2) is 24.3 Å². The van der Waals surface area contributed by atoms with Gasteiger partial charge in [-0.1, -0.05) is 25.5 Å². The van der Waals surface area contributed by atoms with E-state index in [9.17, 15) is 19.5 Å². The highest BCUT2D eigenvalue weighted by molar-refractivity contribution is 5.99. The van der Waals surface area contributed by atoms with E-state index >= 15 is 0 Å². The van der Waals surface area contributed by atoms with Gasteiger partial charge in [0.25, 0.3) is 5.91 Å². The van der Waals surface area contributed by atoms with Crippen LogP contribution in [0.25, 0.3) is 0 Å². The van der Waals surface area contributed by atoms with Crippen LogP contribution >= 0.6 is 0 Å². The minimum Gasteiger partial charge on any atom is -0.507 e. The van der Waals surface area contributed by atoms with Crippen molar-refractivity contribution in [1.29, 1.82) is 0 Å². The van der Waals surface area contributed by atoms with E-state index in [0.717, 1.165) is 0 Å². The second-order valence-corrected chi connectivity index (χ2v) is 7.38. The molecule has 0 saturated carbocycles. The van der Waals surface area contributed by atoms with Gasteiger partial charge in [0.05, 0.1) is 12.7 Å². The lowest BCUT2D eigenvalue weighted by molar-refractivity contribution is -0.144. The molecular weight excluding hydrogens is 364 g/mol. The fraction of sp³-hybridized carbons (Fsp3) is 0.550. The van der Waals surface area contributed by atoms with Gasteiger partial charge in [0, 0.05) is 6.54 Å². The Morgan fingerprint density at radius 3 is 2.36 bits per heavy atom. The highest BCUT2D eigenvalue weighted by atomic mass is 16.6. The quantitative estimate of drug-likeness (QED) is 0.584. The molecule has 0 radical (unpaired) electrons. The summed E-state index contributed by atoms with van der Waals surface area (Å²) in [7, 11) is 1.24. The van der Waals surface area contributed by atoms with Gasteiger partial charge in [-0.15, -0.1) is 0 Å². The number of phenolic OH excluding ortho intramolecular Hbond substituents is 1. The van der Waals surface area contributed by atoms with E-state index in [1.807, 2.05) is 6.92 Å². The molecule has 0 bridgehead atoms. The summed E-state index contributed by atoms with van der Waals surface area (Å²) in [4.78, 5) is 36.5. The topological polar surface area (TPSA) is 114 Å². The summed E-state index contributed by atoms with van der Waals surface area (Å²) in [6.45, 7) is 7.45. The van der Waals surface area contributed by atoms with E-state index in [2.05, 4.69) is 10.6 Å². The van der Waals surface area contributed by atoms with Crippen LogP contribution in [0, 0.1) is 5.92 Å². The fourth-order valence-corrected chi connectivity index (χ4v) is 2.66. The number of aromatic hydroxyl groups is 1. The number of nitrogens with one attached hydrogen (secondary N) is 2. The number of methoxy groups -OCH3 is 1. The van der Waals surface area contributed by atoms with E-state index in [0.29, 0.717) is 12.8 Å². The van der Waals surface area contributed by atoms with Gasteiger partial charge in [-0.25, -0.2) is 9.59 Å². The minimum absolute atomic E-state index is 0.0677. The number of esters is 1. The first-order valence-electron chi connectivity index (χ1n) is 9.22. The highest BCUT2D eigenvalue weighted by Gasteiger charge is 2.30. The van der Waals surface area contributed by atoms with Crippen LogP contribution in [-0.2, 0) is 14.3 Å². The summed E-state index contributed by atoms with van der Waals surface area (Å²) < 4.78 is 10.0. The van der Waals surface area contributed by atoms with Crippen molar-refractivity contribution in [2.75, 3.05) is 13.7 Å². The molecule has 8 heteroatoms. The van der Waals surface area contributed by atoms with E-state index in [-0.39, 0.29) is 23.8 Å². The molecule has 2 unspecified atom stereocenters. The third-order valence-corrected chi connectivity index (χ3v) is 4.07. The monoisotopic (exact) mass is 394 g/mol. The lowest BCUT2D eigenvalue weighted by atomic mass is 9.93. The Balaban J connectivity index is 2.78. The largest absolute Gasteiger partial charge is 0.507 e. The number of para-hydroxylation sites is 1. The Bertz CT molecular complexity index is 684. The summed E-state index contributed by atoms with van der Waals surface area (Å²) in [6, 6.07) is 5.15. The maximum Gasteiger partial charge on any atom is 0.407 e. The summed E-state index contributed by atoms with van der Waals surface area (Å²) >= 11 is 0. The first kappa shape index (κ1) is 23.3. The van der Waals surface area contributed by atoms with Crippen LogP contribution in [-0.4, -0.2) is 48.4 Å². The second-order valence-electron chi connectivity index (χ2n) is 7.38. The molecular formula is C20H30N2O6. The zero-order valence-corrected chi connectivity index (χ0v) is 17.1. The van der Waals surface area contributed by atoms with Crippen molar-refractivity contribution >= 4 is 18.0 Å². The molecule has 0 aliphatic heterocycles. The van der Waals surface area contributed by atoms with Crippen LogP contribution < -0.4 is 10.6 Å². The minimum atomic E-state index is -0.914. The third kappa shape index (κ3) is 7.46. The predicted molar refractivity (Wildman–Crippen MR) is 104 cm³/mol. The van der Waals surface area contributed by atoms with Gasteiger partial charge in [0.1, 0.15) is 17.4 Å². The summed E-state index contributed by atoms with van der Waals surface area (Å²) in [6.07, 6.45) is 0.447. The standard InChI is InChI=1S/C20H30N2O6/c1-6-13(11-12-21-19(26)28-20(2,3)4)16(18(25)27-5)22-17(24)14-9-7-8-10-15(14)23/h7-10,13,16,23H,6,11-12H2,1-5H3,(H,21,26)(H,22,24). The molecule has 0 spiro atoms. The Hall–Kier alpha value is -2.77. The van der Waals surface area contributed by atoms with E-state index in [1.54, 1.807) is 32.9 Å². The normalized spacial score (nSPS) is 13.2. The van der Waals surface area contributed by atoms with E-state index < -0.39 is 29.6 Å². The van der Waals surface area contributed by atoms with Gasteiger partial charge in [-0.05, 0) is 45.2 Å². The summed E-state index contributed by atoms with van der Waals surface area (Å²) in [5.41, 5.74) is -0.535. The van der Waals surface area contributed by atoms with E-state index in [1.165, 1.54) is 19.2 Å². The van der Waals surface area contributed by atoms with Gasteiger partial charge >= 0.3 is 12.1 Å². The van der Waals surface area contributed by atoms with Gasteiger partial charge in [-0.3, -0.25) is 4.79 Å². The van der Waals surface area contributed by atoms with Crippen LogP contribution in [0.5, 0.6) is 5.75 Å². The molecule has 156 valence electrons. The Kier molecular flexibility index (Phi) is 8.76. The Labute approximate surface area is 165 Å². The molecule has 1 rings (SSSR count). The van der Waals surface area contributed by atoms with E-state index in [4.69, 9.17) is 9.47 Å². The average Bonchev–Trinajstić information content (AvgIpc) is 2.61. The number of rotatable bonds is 8. The molecule has 0 fully saturated rings. The SMILES string of the molecule is CCC(CCNC(=O)OC(C)(C)C)C(NC(=O)c1ccccc1O)C(=O)OC. The first-order chi connectivity index (χ1) is 13.1. The van der Waals surface area contributed by atoms with Crippen LogP contribution in [0.1, 0.15) is 50.9 Å². The molecule has 3 N–H and O–H groups in total. The van der Waals surface area contributed by atoms with Crippen molar-refractivity contribution in [2.24, 2.45) is 5.92 Å². The third-order valence-electron chi connectivity index (χ3n) is 4.07. The molecule has 0 aliphatic rings. The van der Waals surface area contributed by atoms with Crippen molar-refractivity contribution in [3.63, 3.8) is 0 Å². The molecule has 28 heavy (non-hydrogen) atoms. The molecule has 8 nitrogen and oxygen atoms in total. The smallest absolute Gasteiger partial charge is 0.407 e. The zero-order valence-electron chi connectivity index (χ0n) is 17.1. The number of alkyl carbamates (subject to hydrolysis) is 1. The van der Waals surface area contributed by atoms with Crippen LogP contribution in [0.2, 0.25) is 0 Å². The first-order valence-corrected chi connectivity index (χ1v) is 9.22. The van der Waals surface area contributed by atoms with Gasteiger partial charge in [-0.2, -0.15) is 0 Å². The number of amides is 2. The number of phenols is 1. The number of carbonyl (C=O) groups excluding carboxylic acids is 3. The molecule has 2 atom stereocenters. The molecule has 1 aromatic rings. The molecule has 0 heterocycles. The number of carbonyl (C=O) groups is 3. The summed E-state index contributed by atoms with van der Waals surface area (Å²) in [5, 5.41) is 15.1. The predicted octanol–water partition coefficient (Wildman–Crippen LogP) is 2.60. The fourth-order valence-electron chi connectivity index (χ4n) is 2.66. The number of ether oxygens (including phenoxy) is 2. The van der Waals surface area contributed by atoms with Crippen LogP contribution in [0.3, 0.4) is 0 Å². The number of hydrogen-bond donors (Lipinski definition) is 3. The Morgan fingerprint density at radius 1 is 1.18 bits per heavy atom. The molecule has 1 aromatic carbocycles. The lowest BCUT2D eigenvalue weighted by Gasteiger charge is -2.26. The summed E-state index contributed by atoms with van der Waals surface area (Å²) in [5.74, 6) is -1.62. The van der Waals surface area contributed by atoms with Gasteiger partial charge < -0.3 is 25.2 Å². The second kappa shape index (κ2) is 10.5. The van der Waals surface area contributed by atoms with Crippen molar-refractivity contribution in [2.45, 2.75) is 52.2 Å². The lowest BCUT2D eigenvalue weighted by Crippen LogP contribution is -2.47. The van der Waals surface area contributed by atoms with Gasteiger partial charge in [0.2, 0.25) is 0 Å². The number of hydrogen-bond acceptors (Lipinski definition) is 6. The number of benzene rings is 1. The average molecular weight is 394 g/mol. The maximum atomic E-state index is 12.5. The Morgan fingerprint density at radius 2 is 1.82 bits per heavy atom. The van der Waals surface area contributed by atoms with Crippen molar-refractivity contribution in [3.8, 4) is 5.75 Å². The van der Waals surface area contributed by atoms with Crippen LogP contribution in [0.4, 0.5) is 4.79 Å². The van der Waals surface area contributed by atoms with Crippen molar-refractivity contribution < 1.29 is 29.0 Å². The molecule has 2 amide bonds. The highest BCUT2D eigenvalue weighted by Crippen LogP contribution is 2.19. The van der Waals surface area contributed by atoms with Crippen molar-refractivity contribution in [3.05, 3.63) is 29.8 Å². The van der Waals surface area contributed by atoms with Crippen molar-refractivity contribution in [1.82, 2.24) is 10.6 Å². The zero-order chi connectivity index (χ0) is 21.3. The molecule has 0 saturated heterocycles. The molecule has 0 aromatic heterocycles. The van der Waals surface area contributed by atoms with Gasteiger partial charge in [0.15, 0.2) is 0 Å². The maximum absolute atomic E-state index is 12.5.